The Morgan fingerprint density at radius 2 is 2.09 bits per heavy atom. The van der Waals surface area contributed by atoms with Crippen molar-refractivity contribution >= 4 is 11.7 Å². The summed E-state index contributed by atoms with van der Waals surface area (Å²) < 4.78 is 7.72. The van der Waals surface area contributed by atoms with Gasteiger partial charge >= 0.3 is 11.7 Å². The van der Waals surface area contributed by atoms with E-state index in [1.54, 1.807) is 13.2 Å². The molecule has 7 heteroatoms. The molecule has 2 aromatic rings. The van der Waals surface area contributed by atoms with Gasteiger partial charge in [-0.25, -0.2) is 14.3 Å². The van der Waals surface area contributed by atoms with Gasteiger partial charge in [0.15, 0.2) is 5.82 Å². The summed E-state index contributed by atoms with van der Waals surface area (Å²) in [6.07, 6.45) is 0.851. The fraction of sp³-hybridized carbons (Fsp3) is 0.438. The maximum Gasteiger partial charge on any atom is 0.354 e. The molecule has 1 aromatic carbocycles. The smallest absolute Gasteiger partial charge is 0.354 e. The van der Waals surface area contributed by atoms with Crippen molar-refractivity contribution in [3.05, 3.63) is 40.6 Å². The summed E-state index contributed by atoms with van der Waals surface area (Å²) in [6.45, 7) is 4.99. The van der Waals surface area contributed by atoms with Gasteiger partial charge in [-0.3, -0.25) is 4.90 Å². The number of amides is 1. The zero-order valence-corrected chi connectivity index (χ0v) is 13.5. The lowest BCUT2D eigenvalue weighted by Gasteiger charge is -2.15. The Morgan fingerprint density at radius 1 is 1.30 bits per heavy atom. The average Bonchev–Trinajstić information content (AvgIpc) is 3.03. The molecular formula is C16H20N4O3. The second-order valence-corrected chi connectivity index (χ2v) is 6.01. The highest BCUT2D eigenvalue weighted by molar-refractivity contribution is 5.96. The number of aryl methyl sites for hydroxylation is 1. The molecule has 0 bridgehead atoms. The minimum atomic E-state index is -0.367. The van der Waals surface area contributed by atoms with Crippen molar-refractivity contribution in [2.75, 3.05) is 12.0 Å². The number of fused-ring (bicyclic) bond motifs is 1. The average molecular weight is 316 g/mol. The third kappa shape index (κ3) is 2.74. The summed E-state index contributed by atoms with van der Waals surface area (Å²) in [5.74, 6) is 1.61. The Morgan fingerprint density at radius 3 is 2.74 bits per heavy atom. The van der Waals surface area contributed by atoms with E-state index in [4.69, 9.17) is 4.74 Å². The summed E-state index contributed by atoms with van der Waals surface area (Å²) in [5, 5.41) is 4.30. The summed E-state index contributed by atoms with van der Waals surface area (Å²) in [4.78, 5) is 26.5. The largest absolute Gasteiger partial charge is 0.497 e. The topological polar surface area (TPSA) is 69.4 Å². The molecule has 1 aliphatic rings. The first-order valence-corrected chi connectivity index (χ1v) is 7.66. The van der Waals surface area contributed by atoms with Crippen LogP contribution < -0.4 is 15.3 Å². The quantitative estimate of drug-likeness (QED) is 0.847. The van der Waals surface area contributed by atoms with Gasteiger partial charge in [-0.2, -0.15) is 9.67 Å². The number of nitrogens with zero attached hydrogens (tertiary/aromatic N) is 4. The molecule has 0 saturated carbocycles. The second kappa shape index (κ2) is 5.91. The molecule has 7 nitrogen and oxygen atoms in total. The number of carbonyl (C=O) groups excluding carboxylic acids is 1. The lowest BCUT2D eigenvalue weighted by atomic mass is 10.1. The number of aromatic nitrogens is 3. The highest BCUT2D eigenvalue weighted by atomic mass is 16.5. The first-order valence-electron chi connectivity index (χ1n) is 7.66. The van der Waals surface area contributed by atoms with E-state index in [0.717, 1.165) is 11.0 Å². The molecule has 23 heavy (non-hydrogen) atoms. The van der Waals surface area contributed by atoms with Gasteiger partial charge in [0, 0.05) is 18.3 Å². The fourth-order valence-electron chi connectivity index (χ4n) is 2.58. The van der Waals surface area contributed by atoms with E-state index in [1.165, 1.54) is 9.58 Å². The molecule has 122 valence electrons. The molecule has 1 amide bonds. The molecule has 0 fully saturated rings. The lowest BCUT2D eigenvalue weighted by Crippen LogP contribution is -2.35. The van der Waals surface area contributed by atoms with Crippen molar-refractivity contribution in [2.24, 2.45) is 5.92 Å². The van der Waals surface area contributed by atoms with E-state index >= 15 is 0 Å². The zero-order valence-electron chi connectivity index (χ0n) is 13.5. The molecule has 0 atom stereocenters. The van der Waals surface area contributed by atoms with Crippen molar-refractivity contribution in [1.29, 1.82) is 0 Å². The van der Waals surface area contributed by atoms with Crippen molar-refractivity contribution in [2.45, 2.75) is 33.4 Å². The Balaban J connectivity index is 1.87. The van der Waals surface area contributed by atoms with E-state index < -0.39 is 0 Å². The third-order valence-electron chi connectivity index (χ3n) is 3.91. The van der Waals surface area contributed by atoms with Crippen LogP contribution in [0.15, 0.2) is 29.1 Å². The molecule has 0 aliphatic carbocycles. The predicted octanol–water partition coefficient (Wildman–Crippen LogP) is 2.09. The molecule has 0 radical (unpaired) electrons. The number of anilines is 1. The highest BCUT2D eigenvalue weighted by Gasteiger charge is 2.33. The Hall–Kier alpha value is -2.57. The molecule has 1 aliphatic heterocycles. The normalized spacial score (nSPS) is 13.7. The molecule has 1 aromatic heterocycles. The monoisotopic (exact) mass is 316 g/mol. The maximum absolute atomic E-state index is 12.6. The number of benzene rings is 1. The number of rotatable bonds is 5. The number of ether oxygens (including phenoxy) is 1. The van der Waals surface area contributed by atoms with Gasteiger partial charge in [-0.15, -0.1) is 0 Å². The third-order valence-corrected chi connectivity index (χ3v) is 3.91. The summed E-state index contributed by atoms with van der Waals surface area (Å²) >= 11 is 0. The second-order valence-electron chi connectivity index (χ2n) is 6.01. The molecule has 2 heterocycles. The van der Waals surface area contributed by atoms with Gasteiger partial charge in [0.05, 0.1) is 13.7 Å². The van der Waals surface area contributed by atoms with Crippen LogP contribution in [0.2, 0.25) is 0 Å². The van der Waals surface area contributed by atoms with Crippen LogP contribution in [0.25, 0.3) is 0 Å². The number of hydrogen-bond donors (Lipinski definition) is 0. The summed E-state index contributed by atoms with van der Waals surface area (Å²) in [5.41, 5.74) is 0.323. The number of carbonyl (C=O) groups is 1. The van der Waals surface area contributed by atoms with Gasteiger partial charge in [-0.05, 0) is 24.5 Å². The van der Waals surface area contributed by atoms with Crippen LogP contribution >= 0.6 is 0 Å². The first-order chi connectivity index (χ1) is 11.0. The van der Waals surface area contributed by atoms with Crippen LogP contribution in [-0.2, 0) is 13.1 Å². The van der Waals surface area contributed by atoms with Crippen LogP contribution in [0.1, 0.15) is 26.1 Å². The Labute approximate surface area is 134 Å². The van der Waals surface area contributed by atoms with Crippen LogP contribution in [0.5, 0.6) is 5.75 Å². The standard InChI is InChI=1S/C16H20N4O3/c1-11(2)7-8-19-16(22)20-14(17-19)10-18(15(20)21)12-5-4-6-13(9-12)23-3/h4-6,9,11H,7-8,10H2,1-3H3. The van der Waals surface area contributed by atoms with Crippen molar-refractivity contribution < 1.29 is 9.53 Å². The van der Waals surface area contributed by atoms with Crippen molar-refractivity contribution in [1.82, 2.24) is 14.3 Å². The molecular weight excluding hydrogens is 296 g/mol. The van der Waals surface area contributed by atoms with E-state index in [1.807, 2.05) is 18.2 Å². The molecule has 0 spiro atoms. The first kappa shape index (κ1) is 15.3. The molecule has 0 saturated heterocycles. The van der Waals surface area contributed by atoms with Crippen LogP contribution in [-0.4, -0.2) is 27.5 Å². The van der Waals surface area contributed by atoms with Crippen molar-refractivity contribution in [3.8, 4) is 5.75 Å². The van der Waals surface area contributed by atoms with E-state index in [0.29, 0.717) is 29.7 Å². The highest BCUT2D eigenvalue weighted by Crippen LogP contribution is 2.25. The van der Waals surface area contributed by atoms with Crippen LogP contribution in [0.3, 0.4) is 0 Å². The minimum Gasteiger partial charge on any atom is -0.497 e. The predicted molar refractivity (Wildman–Crippen MR) is 85.9 cm³/mol. The zero-order chi connectivity index (χ0) is 16.6. The van der Waals surface area contributed by atoms with Gasteiger partial charge in [0.1, 0.15) is 5.75 Å². The van der Waals surface area contributed by atoms with Gasteiger partial charge in [0.25, 0.3) is 0 Å². The SMILES string of the molecule is COc1cccc(N2Cc3nn(CCC(C)C)c(=O)n3C2=O)c1. The van der Waals surface area contributed by atoms with Crippen LogP contribution in [0.4, 0.5) is 10.5 Å². The fourth-order valence-corrected chi connectivity index (χ4v) is 2.58. The van der Waals surface area contributed by atoms with Crippen LogP contribution in [0, 0.1) is 5.92 Å². The Bertz CT molecular complexity index is 791. The van der Waals surface area contributed by atoms with Gasteiger partial charge in [-0.1, -0.05) is 19.9 Å². The minimum absolute atomic E-state index is 0.288. The lowest BCUT2D eigenvalue weighted by molar-refractivity contribution is 0.249. The number of hydrogen-bond acceptors (Lipinski definition) is 4. The van der Waals surface area contributed by atoms with E-state index in [9.17, 15) is 9.59 Å². The number of methoxy groups -OCH3 is 1. The van der Waals surface area contributed by atoms with Gasteiger partial charge in [0.2, 0.25) is 0 Å². The van der Waals surface area contributed by atoms with Gasteiger partial charge < -0.3 is 4.74 Å². The summed E-state index contributed by atoms with van der Waals surface area (Å²) in [7, 11) is 1.57. The van der Waals surface area contributed by atoms with Crippen molar-refractivity contribution in [3.63, 3.8) is 0 Å². The van der Waals surface area contributed by atoms with E-state index in [2.05, 4.69) is 18.9 Å². The summed E-state index contributed by atoms with van der Waals surface area (Å²) in [6, 6.07) is 6.82. The molecule has 0 N–H and O–H groups in total. The maximum atomic E-state index is 12.6. The Kier molecular flexibility index (Phi) is 3.94. The van der Waals surface area contributed by atoms with E-state index in [-0.39, 0.29) is 18.3 Å². The molecule has 3 rings (SSSR count). The molecule has 0 unspecified atom stereocenters.